The summed E-state index contributed by atoms with van der Waals surface area (Å²) in [6, 6.07) is 4.98. The summed E-state index contributed by atoms with van der Waals surface area (Å²) < 4.78 is 46.2. The van der Waals surface area contributed by atoms with Crippen LogP contribution in [0.3, 0.4) is 0 Å². The van der Waals surface area contributed by atoms with Gasteiger partial charge in [0.15, 0.2) is 17.7 Å². The number of anilines is 1. The molecule has 3 unspecified atom stereocenters. The van der Waals surface area contributed by atoms with E-state index in [2.05, 4.69) is 25.0 Å². The smallest absolute Gasteiger partial charge is 0.394 e. The van der Waals surface area contributed by atoms with Gasteiger partial charge in [-0.05, 0) is 17.9 Å². The molecule has 6 N–H and O–H groups in total. The van der Waals surface area contributed by atoms with E-state index in [-0.39, 0.29) is 18.8 Å². The maximum Gasteiger partial charge on any atom is 0.405 e. The van der Waals surface area contributed by atoms with Crippen LogP contribution < -0.4 is 22.1 Å². The van der Waals surface area contributed by atoms with Crippen LogP contribution in [-0.4, -0.2) is 96.7 Å². The molecule has 0 saturated carbocycles. The number of hydrogen-bond donors (Lipinski definition) is 5. The van der Waals surface area contributed by atoms with E-state index < -0.39 is 75.2 Å². The van der Waals surface area contributed by atoms with Gasteiger partial charge in [0, 0.05) is 37.2 Å². The number of fused-ring (bicyclic) bond motifs is 1. The summed E-state index contributed by atoms with van der Waals surface area (Å²) in [5.41, 5.74) is 5.36. The van der Waals surface area contributed by atoms with Gasteiger partial charge in [0.2, 0.25) is 0 Å². The summed E-state index contributed by atoms with van der Waals surface area (Å²) in [6.07, 6.45) is -2.35. The Morgan fingerprint density at radius 1 is 1.22 bits per heavy atom. The Morgan fingerprint density at radius 3 is 2.80 bits per heavy atom. The fourth-order valence-electron chi connectivity index (χ4n) is 5.42. The number of nitrogen functional groups attached to an aromatic ring is 1. The molecule has 0 bridgehead atoms. The summed E-state index contributed by atoms with van der Waals surface area (Å²) in [6.45, 7) is -0.664. The van der Waals surface area contributed by atoms with Gasteiger partial charge in [0.25, 0.3) is 5.56 Å². The molecular weight excluding hydrogens is 647 g/mol. The van der Waals surface area contributed by atoms with Crippen molar-refractivity contribution in [2.45, 2.75) is 55.8 Å². The highest BCUT2D eigenvalue weighted by atomic mass is 32.1. The van der Waals surface area contributed by atoms with Gasteiger partial charge in [0.05, 0.1) is 19.5 Å². The number of aliphatic hydroxyl groups excluding tert-OH is 2. The number of aliphatic hydroxyl groups is 2. The number of thiophene rings is 1. The predicted molar refractivity (Wildman–Crippen MR) is 162 cm³/mol. The molecule has 6 rings (SSSR count). The molecule has 0 amide bonds. The molecule has 46 heavy (non-hydrogen) atoms. The van der Waals surface area contributed by atoms with Gasteiger partial charge in [-0.15, -0.1) is 11.3 Å². The Hall–Kier alpha value is -3.36. The molecule has 2 aliphatic heterocycles. The first kappa shape index (κ1) is 32.6. The molecular formula is C26H33N8O10PS. The van der Waals surface area contributed by atoms with E-state index in [9.17, 15) is 24.4 Å². The molecule has 0 aromatic carbocycles. The van der Waals surface area contributed by atoms with E-state index in [1.165, 1.54) is 37.3 Å². The second-order valence-corrected chi connectivity index (χ2v) is 13.4. The summed E-state index contributed by atoms with van der Waals surface area (Å²) >= 11 is 1.54. The first-order chi connectivity index (χ1) is 22.2. The average Bonchev–Trinajstić information content (AvgIpc) is 3.83. The molecule has 4 aromatic heterocycles. The average molecular weight is 681 g/mol. The van der Waals surface area contributed by atoms with Crippen molar-refractivity contribution in [3.63, 3.8) is 0 Å². The van der Waals surface area contributed by atoms with Gasteiger partial charge in [-0.1, -0.05) is 6.07 Å². The Bertz CT molecular complexity index is 1800. The van der Waals surface area contributed by atoms with Crippen LogP contribution in [0.5, 0.6) is 0 Å². The lowest BCUT2D eigenvalue weighted by atomic mass is 10.1. The normalized spacial score (nSPS) is 27.8. The van der Waals surface area contributed by atoms with Crippen molar-refractivity contribution in [1.29, 1.82) is 0 Å². The highest BCUT2D eigenvalue weighted by Gasteiger charge is 2.47. The van der Waals surface area contributed by atoms with Crippen LogP contribution in [0.15, 0.2) is 52.0 Å². The number of nitrogens with two attached hydrogens (primary N) is 1. The Balaban J connectivity index is 1.19. The Kier molecular flexibility index (Phi) is 9.76. The van der Waals surface area contributed by atoms with E-state index in [1.54, 1.807) is 4.57 Å². The fourth-order valence-corrected chi connectivity index (χ4v) is 7.67. The number of nitrogens with zero attached hydrogens (tertiary/aromatic N) is 5. The molecule has 2 aliphatic rings. The van der Waals surface area contributed by atoms with Crippen LogP contribution in [0.1, 0.15) is 23.8 Å². The van der Waals surface area contributed by atoms with Crippen molar-refractivity contribution in [1.82, 2.24) is 34.2 Å². The monoisotopic (exact) mass is 680 g/mol. The van der Waals surface area contributed by atoms with Gasteiger partial charge in [0.1, 0.15) is 48.6 Å². The minimum atomic E-state index is -4.17. The number of ether oxygens (including phenoxy) is 3. The molecule has 0 spiro atoms. The highest BCUT2D eigenvalue weighted by Crippen LogP contribution is 2.49. The third-order valence-electron chi connectivity index (χ3n) is 7.71. The minimum absolute atomic E-state index is 0.145. The van der Waals surface area contributed by atoms with Crippen LogP contribution in [0.2, 0.25) is 0 Å². The SMILES string of the molecule is CO[C@@H]1C(O)[C@@H](COP(=O)(NCCc2cccs2)OC2C[C@H](n3cnc4c(N)ncnc43)O[C@@H]2CO)O[C@H]1n1ccc(=O)[nH]c1=O. The van der Waals surface area contributed by atoms with E-state index in [0.29, 0.717) is 17.6 Å². The number of rotatable bonds is 13. The molecule has 0 radical (unpaired) electrons. The van der Waals surface area contributed by atoms with Gasteiger partial charge in [-0.2, -0.15) is 0 Å². The van der Waals surface area contributed by atoms with E-state index in [0.717, 1.165) is 15.5 Å². The van der Waals surface area contributed by atoms with Crippen molar-refractivity contribution >= 4 is 36.1 Å². The molecule has 8 atom stereocenters. The van der Waals surface area contributed by atoms with E-state index in [4.69, 9.17) is 29.0 Å². The number of aromatic nitrogens is 6. The lowest BCUT2D eigenvalue weighted by Gasteiger charge is -2.26. The largest absolute Gasteiger partial charge is 0.405 e. The van der Waals surface area contributed by atoms with Gasteiger partial charge in [-0.25, -0.2) is 29.4 Å². The third-order valence-corrected chi connectivity index (χ3v) is 10.3. The third kappa shape index (κ3) is 6.70. The Morgan fingerprint density at radius 2 is 2.07 bits per heavy atom. The highest BCUT2D eigenvalue weighted by molar-refractivity contribution is 7.51. The van der Waals surface area contributed by atoms with Crippen molar-refractivity contribution in [3.05, 3.63) is 68.1 Å². The topological polar surface area (TPSA) is 240 Å². The maximum atomic E-state index is 14.3. The van der Waals surface area contributed by atoms with E-state index >= 15 is 0 Å². The number of hydrogen-bond acceptors (Lipinski definition) is 15. The van der Waals surface area contributed by atoms with Crippen LogP contribution in [0, 0.1) is 0 Å². The molecule has 0 aliphatic carbocycles. The summed E-state index contributed by atoms with van der Waals surface area (Å²) in [7, 11) is -2.83. The molecule has 20 heteroatoms. The number of methoxy groups -OCH3 is 1. The van der Waals surface area contributed by atoms with Crippen LogP contribution in [0.4, 0.5) is 5.82 Å². The molecule has 2 saturated heterocycles. The number of nitrogens with one attached hydrogen (secondary N) is 2. The zero-order valence-electron chi connectivity index (χ0n) is 24.4. The van der Waals surface area contributed by atoms with Gasteiger partial charge in [-0.3, -0.25) is 28.0 Å². The molecule has 18 nitrogen and oxygen atoms in total. The number of imidazole rings is 1. The van der Waals surface area contributed by atoms with Crippen molar-refractivity contribution in [2.75, 3.05) is 32.6 Å². The molecule has 6 heterocycles. The zero-order valence-corrected chi connectivity index (χ0v) is 26.2. The minimum Gasteiger partial charge on any atom is -0.394 e. The van der Waals surface area contributed by atoms with Gasteiger partial charge >= 0.3 is 13.4 Å². The molecule has 248 valence electrons. The fraction of sp³-hybridized carbons (Fsp3) is 0.500. The first-order valence-electron chi connectivity index (χ1n) is 14.3. The maximum absolute atomic E-state index is 14.3. The van der Waals surface area contributed by atoms with Crippen LogP contribution in [-0.2, 0) is 34.2 Å². The van der Waals surface area contributed by atoms with Gasteiger partial charge < -0.3 is 30.2 Å². The predicted octanol–water partition coefficient (Wildman–Crippen LogP) is -0.0845. The second kappa shape index (κ2) is 13.8. The zero-order chi connectivity index (χ0) is 32.4. The first-order valence-corrected chi connectivity index (χ1v) is 16.7. The number of H-pyrrole nitrogens is 1. The molecule has 4 aromatic rings. The van der Waals surface area contributed by atoms with E-state index in [1.807, 2.05) is 17.5 Å². The quantitative estimate of drug-likeness (QED) is 0.116. The summed E-state index contributed by atoms with van der Waals surface area (Å²) in [5.74, 6) is 0.195. The standard InChI is InChI=1S/C26H33N8O10PS/c1-40-22-21(37)17(43-25(22)33-7-5-18(36)32-26(33)38)11-41-45(39,31-6-4-14-3-2-8-46-14)44-15-9-19(42-16(15)10-35)34-13-30-20-23(27)28-12-29-24(20)34/h2-3,5,7-8,12-13,15-17,19,21-22,25,35,37H,4,6,9-11H2,1H3,(H,31,39)(H2,27,28,29)(H,32,36,38)/t15?,16-,17-,19-,21?,22-,25-,45?/m1/s1. The van der Waals surface area contributed by atoms with Crippen LogP contribution >= 0.6 is 19.1 Å². The van der Waals surface area contributed by atoms with Crippen molar-refractivity contribution < 1.29 is 38.0 Å². The Labute approximate surface area is 264 Å². The summed E-state index contributed by atoms with van der Waals surface area (Å²) in [5, 5.41) is 25.9. The lowest BCUT2D eigenvalue weighted by molar-refractivity contribution is -0.0634. The number of aromatic amines is 1. The van der Waals surface area contributed by atoms with Crippen LogP contribution in [0.25, 0.3) is 11.2 Å². The van der Waals surface area contributed by atoms with Crippen molar-refractivity contribution in [2.24, 2.45) is 0 Å². The lowest BCUT2D eigenvalue weighted by Crippen LogP contribution is -2.39. The summed E-state index contributed by atoms with van der Waals surface area (Å²) in [4.78, 5) is 39.6. The van der Waals surface area contributed by atoms with Crippen molar-refractivity contribution in [3.8, 4) is 0 Å². The second-order valence-electron chi connectivity index (χ2n) is 10.6. The molecule has 2 fully saturated rings.